The van der Waals surface area contributed by atoms with E-state index < -0.39 is 16.6 Å². The van der Waals surface area contributed by atoms with Crippen LogP contribution in [-0.2, 0) is 8.85 Å². The van der Waals surface area contributed by atoms with Gasteiger partial charge in [-0.2, -0.15) is 0 Å². The zero-order valence-corrected chi connectivity index (χ0v) is 28.8. The lowest BCUT2D eigenvalue weighted by molar-refractivity contribution is -0.166. The van der Waals surface area contributed by atoms with Crippen molar-refractivity contribution in [3.8, 4) is 0 Å². The smallest absolute Gasteiger partial charge is 0.184 e. The maximum absolute atomic E-state index is 7.17. The van der Waals surface area contributed by atoms with E-state index in [0.29, 0.717) is 29.0 Å². The van der Waals surface area contributed by atoms with Crippen LogP contribution in [0.3, 0.4) is 0 Å². The minimum atomic E-state index is -1.62. The first-order chi connectivity index (χ1) is 17.0. The molecule has 0 bridgehead atoms. The summed E-state index contributed by atoms with van der Waals surface area (Å²) in [5, 5.41) is 0. The predicted molar refractivity (Wildman–Crippen MR) is 165 cm³/mol. The molecule has 2 nitrogen and oxygen atoms in total. The normalized spacial score (nSPS) is 43.3. The Labute approximate surface area is 234 Å². The molecule has 0 aromatic rings. The highest BCUT2D eigenvalue weighted by Gasteiger charge is 2.63. The molecule has 4 aliphatic rings. The van der Waals surface area contributed by atoms with Gasteiger partial charge in [0.25, 0.3) is 0 Å². The molecule has 0 amide bonds. The van der Waals surface area contributed by atoms with Gasteiger partial charge < -0.3 is 8.85 Å². The van der Waals surface area contributed by atoms with Crippen LogP contribution in [0.4, 0.5) is 0 Å². The average Bonchev–Trinajstić information content (AvgIpc) is 3.10. The molecule has 0 spiro atoms. The van der Waals surface area contributed by atoms with E-state index in [9.17, 15) is 0 Å². The van der Waals surface area contributed by atoms with Gasteiger partial charge in [-0.15, -0.1) is 0 Å². The van der Waals surface area contributed by atoms with E-state index in [1.54, 1.807) is 0 Å². The second kappa shape index (κ2) is 11.0. The third kappa shape index (κ3) is 6.48. The largest absolute Gasteiger partial charge is 0.415 e. The van der Waals surface area contributed by atoms with Crippen molar-refractivity contribution in [3.05, 3.63) is 0 Å². The van der Waals surface area contributed by atoms with Crippen LogP contribution in [0.5, 0.6) is 0 Å². The summed E-state index contributed by atoms with van der Waals surface area (Å²) in [6.45, 7) is 27.2. The number of fused-ring (bicyclic) bond motifs is 5. The Morgan fingerprint density at radius 3 is 1.95 bits per heavy atom. The van der Waals surface area contributed by atoms with E-state index in [2.05, 4.69) is 73.9 Å². The van der Waals surface area contributed by atoms with Crippen LogP contribution in [0.1, 0.15) is 105 Å². The van der Waals surface area contributed by atoms with Gasteiger partial charge in [0.1, 0.15) is 0 Å². The molecule has 4 rings (SSSR count). The SMILES string of the molecule is CC(C)CCC[C@@H](C)[C@H]1CC[C@H]2[C@@H]3C[C@H](O[Si](C)(C)C)[C@H]4C[C@@H](O[Si](C)(C)C)CC[C@]4(C)[C@H]3CC[C@]12C. The predicted octanol–water partition coefficient (Wildman–Crippen LogP) is 10.2. The first-order valence-corrected chi connectivity index (χ1v) is 23.2. The Morgan fingerprint density at radius 1 is 0.703 bits per heavy atom. The fraction of sp³-hybridized carbons (Fsp3) is 1.00. The molecule has 216 valence electrons. The van der Waals surface area contributed by atoms with Crippen LogP contribution < -0.4 is 0 Å². The summed E-state index contributed by atoms with van der Waals surface area (Å²) in [4.78, 5) is 0. The first kappa shape index (κ1) is 30.3. The molecule has 0 saturated heterocycles. The molecule has 4 fully saturated rings. The van der Waals surface area contributed by atoms with Gasteiger partial charge in [0.2, 0.25) is 0 Å². The van der Waals surface area contributed by atoms with Gasteiger partial charge in [-0.3, -0.25) is 0 Å². The lowest BCUT2D eigenvalue weighted by Crippen LogP contribution is -2.60. The van der Waals surface area contributed by atoms with Gasteiger partial charge in [-0.1, -0.05) is 53.9 Å². The Morgan fingerprint density at radius 2 is 1.32 bits per heavy atom. The minimum absolute atomic E-state index is 0.439. The molecule has 0 aliphatic heterocycles. The topological polar surface area (TPSA) is 18.5 Å². The van der Waals surface area contributed by atoms with Crippen LogP contribution in [0.15, 0.2) is 0 Å². The summed E-state index contributed by atoms with van der Waals surface area (Å²) in [5.74, 6) is 6.06. The molecular weight excluding hydrogens is 485 g/mol. The highest BCUT2D eigenvalue weighted by molar-refractivity contribution is 6.70. The highest BCUT2D eigenvalue weighted by atomic mass is 28.4. The van der Waals surface area contributed by atoms with E-state index >= 15 is 0 Å². The van der Waals surface area contributed by atoms with Crippen molar-refractivity contribution < 1.29 is 8.85 Å². The molecule has 0 unspecified atom stereocenters. The molecule has 4 heteroatoms. The van der Waals surface area contributed by atoms with Crippen LogP contribution in [0, 0.1) is 52.3 Å². The van der Waals surface area contributed by atoms with Crippen molar-refractivity contribution in [1.29, 1.82) is 0 Å². The van der Waals surface area contributed by atoms with E-state index in [-0.39, 0.29) is 0 Å². The molecule has 0 heterocycles. The number of hydrogen-bond acceptors (Lipinski definition) is 2. The standard InChI is InChI=1S/C33H64O2Si2/c1-23(2)13-12-14-24(3)27-15-16-28-26-22-31(35-37(9,10)11)30-21-25(34-36(6,7)8)17-19-33(30,5)29(26)18-20-32(27,28)4/h23-31H,12-22H2,1-11H3/t24-,25+,26+,27-,28+,29+,30-,31+,32-,33-/m1/s1. The lowest BCUT2D eigenvalue weighted by atomic mass is 9.43. The van der Waals surface area contributed by atoms with Crippen molar-refractivity contribution in [2.75, 3.05) is 0 Å². The molecule has 0 aromatic carbocycles. The summed E-state index contributed by atoms with van der Waals surface area (Å²) in [7, 11) is -3.14. The number of rotatable bonds is 9. The molecule has 10 atom stereocenters. The lowest BCUT2D eigenvalue weighted by Gasteiger charge is -2.63. The van der Waals surface area contributed by atoms with E-state index in [0.717, 1.165) is 35.5 Å². The van der Waals surface area contributed by atoms with Crippen molar-refractivity contribution in [1.82, 2.24) is 0 Å². The second-order valence-electron chi connectivity index (χ2n) is 17.2. The maximum Gasteiger partial charge on any atom is 0.184 e. The molecule has 37 heavy (non-hydrogen) atoms. The highest BCUT2D eigenvalue weighted by Crippen LogP contribution is 2.69. The monoisotopic (exact) mass is 548 g/mol. The number of hydrogen-bond donors (Lipinski definition) is 0. The van der Waals surface area contributed by atoms with Crippen LogP contribution in [-0.4, -0.2) is 28.8 Å². The molecule has 0 radical (unpaired) electrons. The van der Waals surface area contributed by atoms with Gasteiger partial charge >= 0.3 is 0 Å². The zero-order valence-electron chi connectivity index (χ0n) is 26.8. The molecule has 0 aromatic heterocycles. The quantitative estimate of drug-likeness (QED) is 0.267. The van der Waals surface area contributed by atoms with E-state index in [1.807, 2.05) is 0 Å². The van der Waals surface area contributed by atoms with Crippen molar-refractivity contribution in [2.45, 2.75) is 157 Å². The first-order valence-electron chi connectivity index (χ1n) is 16.4. The van der Waals surface area contributed by atoms with E-state index in [4.69, 9.17) is 8.85 Å². The molecule has 0 N–H and O–H groups in total. The maximum atomic E-state index is 7.17. The summed E-state index contributed by atoms with van der Waals surface area (Å²) in [6.07, 6.45) is 16.3. The summed E-state index contributed by atoms with van der Waals surface area (Å²) >= 11 is 0. The van der Waals surface area contributed by atoms with Gasteiger partial charge in [0.15, 0.2) is 16.6 Å². The van der Waals surface area contributed by atoms with Crippen molar-refractivity contribution in [2.24, 2.45) is 52.3 Å². The van der Waals surface area contributed by atoms with Gasteiger partial charge in [-0.05, 0) is 143 Å². The third-order valence-electron chi connectivity index (χ3n) is 11.8. The summed E-state index contributed by atoms with van der Waals surface area (Å²) in [5.41, 5.74) is 0.998. The van der Waals surface area contributed by atoms with Gasteiger partial charge in [-0.25, -0.2) is 0 Å². The van der Waals surface area contributed by atoms with Crippen LogP contribution >= 0.6 is 0 Å². The Bertz CT molecular complexity index is 769. The van der Waals surface area contributed by atoms with Crippen molar-refractivity contribution >= 4 is 16.6 Å². The summed E-state index contributed by atoms with van der Waals surface area (Å²) < 4.78 is 13.9. The van der Waals surface area contributed by atoms with Crippen LogP contribution in [0.25, 0.3) is 0 Å². The zero-order chi connectivity index (χ0) is 27.4. The van der Waals surface area contributed by atoms with Gasteiger partial charge in [0, 0.05) is 12.2 Å². The van der Waals surface area contributed by atoms with E-state index in [1.165, 1.54) is 70.6 Å². The molecule has 4 aliphatic carbocycles. The van der Waals surface area contributed by atoms with Crippen molar-refractivity contribution in [3.63, 3.8) is 0 Å². The van der Waals surface area contributed by atoms with Crippen LogP contribution in [0.2, 0.25) is 39.3 Å². The Kier molecular flexibility index (Phi) is 8.99. The average molecular weight is 549 g/mol. The third-order valence-corrected chi connectivity index (χ3v) is 13.9. The summed E-state index contributed by atoms with van der Waals surface area (Å²) in [6, 6.07) is 0. The van der Waals surface area contributed by atoms with Gasteiger partial charge in [0.05, 0.1) is 0 Å². The Hall–Kier alpha value is 0.354. The second-order valence-corrected chi connectivity index (χ2v) is 26.1. The minimum Gasteiger partial charge on any atom is -0.415 e. The fourth-order valence-electron chi connectivity index (χ4n) is 10.4. The fourth-order valence-corrected chi connectivity index (χ4v) is 12.8. The molecule has 4 saturated carbocycles. The molecular formula is C33H64O2Si2. The Balaban J connectivity index is 1.56.